The fourth-order valence-corrected chi connectivity index (χ4v) is 1.62. The zero-order valence-corrected chi connectivity index (χ0v) is 8.99. The van der Waals surface area contributed by atoms with Crippen molar-refractivity contribution in [2.45, 2.75) is 6.42 Å². The molecule has 3 heteroatoms. The summed E-state index contributed by atoms with van der Waals surface area (Å²) in [4.78, 5) is 10.5. The summed E-state index contributed by atoms with van der Waals surface area (Å²) in [5.41, 5.74) is 1.36. The number of hydrogen-bond acceptors (Lipinski definition) is 1. The molecule has 0 radical (unpaired) electrons. The third-order valence-corrected chi connectivity index (χ3v) is 2.56. The Hall–Kier alpha value is -2.03. The second-order valence-corrected chi connectivity index (χ2v) is 3.74. The molecule has 17 heavy (non-hydrogen) atoms. The van der Waals surface area contributed by atoms with Gasteiger partial charge in [-0.15, -0.1) is 0 Å². The van der Waals surface area contributed by atoms with E-state index in [2.05, 4.69) is 0 Å². The number of benzene rings is 2. The summed E-state index contributed by atoms with van der Waals surface area (Å²) in [6.45, 7) is 0. The van der Waals surface area contributed by atoms with Crippen LogP contribution in [0, 0.1) is 11.6 Å². The van der Waals surface area contributed by atoms with E-state index in [1.807, 2.05) is 0 Å². The van der Waals surface area contributed by atoms with Crippen LogP contribution >= 0.6 is 0 Å². The van der Waals surface area contributed by atoms with Gasteiger partial charge in [0.2, 0.25) is 0 Å². The minimum atomic E-state index is -0.551. The maximum atomic E-state index is 13.4. The van der Waals surface area contributed by atoms with Crippen molar-refractivity contribution in [2.24, 2.45) is 0 Å². The summed E-state index contributed by atoms with van der Waals surface area (Å²) in [7, 11) is 0. The Kier molecular flexibility index (Phi) is 3.28. The summed E-state index contributed by atoms with van der Waals surface area (Å²) in [5.74, 6) is -1.10. The minimum absolute atomic E-state index is 0.0475. The van der Waals surface area contributed by atoms with E-state index in [1.165, 1.54) is 18.2 Å². The molecule has 0 saturated heterocycles. The topological polar surface area (TPSA) is 17.1 Å². The van der Waals surface area contributed by atoms with Crippen molar-refractivity contribution in [3.63, 3.8) is 0 Å². The molecule has 0 spiro atoms. The smallest absolute Gasteiger partial charge is 0.150 e. The lowest BCUT2D eigenvalue weighted by Gasteiger charge is -2.05. The first-order chi connectivity index (χ1) is 8.20. The lowest BCUT2D eigenvalue weighted by molar-refractivity contribution is 0.112. The van der Waals surface area contributed by atoms with Gasteiger partial charge in [-0.05, 0) is 17.7 Å². The van der Waals surface area contributed by atoms with Gasteiger partial charge in [0, 0.05) is 17.5 Å². The van der Waals surface area contributed by atoms with Gasteiger partial charge in [0.25, 0.3) is 0 Å². The molecule has 1 nitrogen and oxygen atoms in total. The maximum absolute atomic E-state index is 13.4. The largest absolute Gasteiger partial charge is 0.298 e. The molecule has 0 amide bonds. The van der Waals surface area contributed by atoms with E-state index < -0.39 is 11.6 Å². The van der Waals surface area contributed by atoms with E-state index in [-0.39, 0.29) is 12.0 Å². The molecule has 0 aromatic heterocycles. The first-order valence-corrected chi connectivity index (χ1v) is 5.17. The van der Waals surface area contributed by atoms with E-state index in [9.17, 15) is 13.6 Å². The fraction of sp³-hybridized carbons (Fsp3) is 0.0714. The van der Waals surface area contributed by atoms with Gasteiger partial charge in [0.1, 0.15) is 17.9 Å². The lowest BCUT2D eigenvalue weighted by atomic mass is 10.0. The van der Waals surface area contributed by atoms with E-state index in [1.54, 1.807) is 24.3 Å². The summed E-state index contributed by atoms with van der Waals surface area (Å²) in [5, 5.41) is 0. The average molecular weight is 232 g/mol. The number of carbonyl (C=O) groups excluding carboxylic acids is 1. The molecule has 0 atom stereocenters. The predicted molar refractivity (Wildman–Crippen MR) is 61.0 cm³/mol. The second-order valence-electron chi connectivity index (χ2n) is 3.74. The summed E-state index contributed by atoms with van der Waals surface area (Å²) in [6, 6.07) is 10.4. The van der Waals surface area contributed by atoms with Crippen LogP contribution in [0.3, 0.4) is 0 Å². The van der Waals surface area contributed by atoms with Crippen LogP contribution in [0.2, 0.25) is 0 Å². The van der Waals surface area contributed by atoms with Crippen molar-refractivity contribution in [2.75, 3.05) is 0 Å². The highest BCUT2D eigenvalue weighted by Crippen LogP contribution is 2.17. The van der Waals surface area contributed by atoms with E-state index in [0.29, 0.717) is 5.56 Å². The lowest BCUT2D eigenvalue weighted by Crippen LogP contribution is -1.97. The highest BCUT2D eigenvalue weighted by molar-refractivity contribution is 5.74. The molecule has 0 N–H and O–H groups in total. The van der Waals surface area contributed by atoms with Gasteiger partial charge < -0.3 is 0 Å². The van der Waals surface area contributed by atoms with Gasteiger partial charge in [-0.1, -0.05) is 30.3 Å². The van der Waals surface area contributed by atoms with Gasteiger partial charge in [0.15, 0.2) is 0 Å². The van der Waals surface area contributed by atoms with Gasteiger partial charge in [-0.3, -0.25) is 4.79 Å². The highest BCUT2D eigenvalue weighted by Gasteiger charge is 2.08. The minimum Gasteiger partial charge on any atom is -0.298 e. The molecular formula is C14H10F2O. The summed E-state index contributed by atoms with van der Waals surface area (Å²) in [6.07, 6.45) is 0.908. The van der Waals surface area contributed by atoms with Gasteiger partial charge in [-0.25, -0.2) is 8.78 Å². The number of hydrogen-bond donors (Lipinski definition) is 0. The maximum Gasteiger partial charge on any atom is 0.150 e. The predicted octanol–water partition coefficient (Wildman–Crippen LogP) is 3.37. The van der Waals surface area contributed by atoms with Gasteiger partial charge >= 0.3 is 0 Å². The van der Waals surface area contributed by atoms with Crippen LogP contribution in [0.15, 0.2) is 42.5 Å². The van der Waals surface area contributed by atoms with E-state index in [4.69, 9.17) is 0 Å². The van der Waals surface area contributed by atoms with Crippen LogP contribution in [0.25, 0.3) is 0 Å². The molecule has 0 aliphatic carbocycles. The van der Waals surface area contributed by atoms with Crippen LogP contribution < -0.4 is 0 Å². The van der Waals surface area contributed by atoms with Crippen LogP contribution in [0.4, 0.5) is 8.78 Å². The van der Waals surface area contributed by atoms with Crippen molar-refractivity contribution in [1.29, 1.82) is 0 Å². The Bertz CT molecular complexity index is 512. The molecule has 86 valence electrons. The number of halogens is 2. The van der Waals surface area contributed by atoms with Crippen LogP contribution in [0.1, 0.15) is 21.5 Å². The average Bonchev–Trinajstić information content (AvgIpc) is 2.35. The molecule has 2 rings (SSSR count). The Morgan fingerprint density at radius 3 is 2.06 bits per heavy atom. The molecule has 0 aliphatic rings. The number of aldehydes is 1. The molecule has 2 aromatic rings. The van der Waals surface area contributed by atoms with Crippen molar-refractivity contribution in [1.82, 2.24) is 0 Å². The zero-order valence-electron chi connectivity index (χ0n) is 8.99. The molecule has 0 aliphatic heterocycles. The van der Waals surface area contributed by atoms with Crippen LogP contribution in [0.5, 0.6) is 0 Å². The van der Waals surface area contributed by atoms with Crippen molar-refractivity contribution >= 4 is 6.29 Å². The number of rotatable bonds is 3. The highest BCUT2D eigenvalue weighted by atomic mass is 19.1. The molecule has 0 heterocycles. The third-order valence-electron chi connectivity index (χ3n) is 2.56. The van der Waals surface area contributed by atoms with Crippen molar-refractivity contribution in [3.8, 4) is 0 Å². The first-order valence-electron chi connectivity index (χ1n) is 5.17. The van der Waals surface area contributed by atoms with E-state index in [0.717, 1.165) is 11.8 Å². The SMILES string of the molecule is O=Cc1ccc(Cc2c(F)cccc2F)cc1. The molecule has 2 aromatic carbocycles. The Labute approximate surface area is 97.7 Å². The Morgan fingerprint density at radius 1 is 0.941 bits per heavy atom. The van der Waals surface area contributed by atoms with Crippen molar-refractivity contribution < 1.29 is 13.6 Å². The molecule has 0 fully saturated rings. The molecule has 0 unspecified atom stereocenters. The Morgan fingerprint density at radius 2 is 1.53 bits per heavy atom. The Balaban J connectivity index is 2.28. The molecule has 0 bridgehead atoms. The monoisotopic (exact) mass is 232 g/mol. The third kappa shape index (κ3) is 2.56. The number of carbonyl (C=O) groups is 1. The standard InChI is InChI=1S/C14H10F2O/c15-13-2-1-3-14(16)12(13)8-10-4-6-11(9-17)7-5-10/h1-7,9H,8H2. The molecule has 0 saturated carbocycles. The zero-order chi connectivity index (χ0) is 12.3. The summed E-state index contributed by atoms with van der Waals surface area (Å²) >= 11 is 0. The quantitative estimate of drug-likeness (QED) is 0.741. The van der Waals surface area contributed by atoms with Crippen molar-refractivity contribution in [3.05, 3.63) is 70.8 Å². The first kappa shape index (κ1) is 11.5. The molecular weight excluding hydrogens is 222 g/mol. The van der Waals surface area contributed by atoms with Crippen LogP contribution in [-0.4, -0.2) is 6.29 Å². The van der Waals surface area contributed by atoms with Crippen LogP contribution in [-0.2, 0) is 6.42 Å². The van der Waals surface area contributed by atoms with Gasteiger partial charge in [-0.2, -0.15) is 0 Å². The normalized spacial score (nSPS) is 10.2. The summed E-state index contributed by atoms with van der Waals surface area (Å²) < 4.78 is 26.8. The second kappa shape index (κ2) is 4.87. The fourth-order valence-electron chi connectivity index (χ4n) is 1.62. The van der Waals surface area contributed by atoms with E-state index >= 15 is 0 Å². The van der Waals surface area contributed by atoms with Gasteiger partial charge in [0.05, 0.1) is 0 Å².